The molecule has 4 nitrogen and oxygen atoms in total. The fraction of sp³-hybridized carbons (Fsp3) is 0.214. The van der Waals surface area contributed by atoms with E-state index in [1.807, 2.05) is 0 Å². The normalized spacial score (nSPS) is 10.7. The zero-order valence-electron chi connectivity index (χ0n) is 11.4. The Morgan fingerprint density at radius 2 is 2.10 bits per heavy atom. The number of aryl methyl sites for hydroxylation is 2. The lowest BCUT2D eigenvalue weighted by Crippen LogP contribution is -2.08. The first-order valence-corrected chi connectivity index (χ1v) is 7.81. The molecule has 0 fully saturated rings. The van der Waals surface area contributed by atoms with Crippen LogP contribution in [0, 0.1) is 19.7 Å². The monoisotopic (exact) mass is 370 g/mol. The largest absolute Gasteiger partial charge is 0.478 e. The SMILES string of the molecule is Cc1nc(C)c(C(=O)O)c(SCc2cc(F)ccc2Br)n1. The molecule has 0 atom stereocenters. The van der Waals surface area contributed by atoms with Crippen molar-refractivity contribution in [1.29, 1.82) is 0 Å². The third-order valence-corrected chi connectivity index (χ3v) is 4.55. The molecular formula is C14H12BrFN2O2S. The van der Waals surface area contributed by atoms with Crippen LogP contribution in [0.4, 0.5) is 4.39 Å². The number of aromatic carboxylic acids is 1. The second kappa shape index (κ2) is 6.53. The summed E-state index contributed by atoms with van der Waals surface area (Å²) in [5, 5.41) is 9.66. The molecule has 0 aliphatic rings. The average Bonchev–Trinajstić information content (AvgIpc) is 2.38. The Kier molecular flexibility index (Phi) is 4.95. The molecule has 0 saturated heterocycles. The van der Waals surface area contributed by atoms with Gasteiger partial charge in [-0.25, -0.2) is 19.2 Å². The minimum absolute atomic E-state index is 0.0955. The molecule has 1 N–H and O–H groups in total. The summed E-state index contributed by atoms with van der Waals surface area (Å²) in [4.78, 5) is 19.6. The predicted octanol–water partition coefficient (Wildman–Crippen LogP) is 3.99. The van der Waals surface area contributed by atoms with Gasteiger partial charge in [-0.15, -0.1) is 11.8 Å². The van der Waals surface area contributed by atoms with E-state index in [1.165, 1.54) is 23.9 Å². The van der Waals surface area contributed by atoms with Gasteiger partial charge in [0.1, 0.15) is 22.2 Å². The molecule has 21 heavy (non-hydrogen) atoms. The Hall–Kier alpha value is -1.47. The zero-order valence-corrected chi connectivity index (χ0v) is 13.8. The summed E-state index contributed by atoms with van der Waals surface area (Å²) in [6.45, 7) is 3.35. The van der Waals surface area contributed by atoms with Gasteiger partial charge in [-0.2, -0.15) is 0 Å². The molecule has 0 unspecified atom stereocenters. The van der Waals surface area contributed by atoms with Crippen LogP contribution < -0.4 is 0 Å². The first-order chi connectivity index (χ1) is 9.88. The summed E-state index contributed by atoms with van der Waals surface area (Å²) < 4.78 is 14.0. The van der Waals surface area contributed by atoms with E-state index in [0.29, 0.717) is 22.3 Å². The van der Waals surface area contributed by atoms with Gasteiger partial charge < -0.3 is 5.11 Å². The summed E-state index contributed by atoms with van der Waals surface area (Å²) in [7, 11) is 0. The van der Waals surface area contributed by atoms with E-state index in [9.17, 15) is 14.3 Å². The second-order valence-electron chi connectivity index (χ2n) is 4.37. The number of hydrogen-bond acceptors (Lipinski definition) is 4. The maximum atomic E-state index is 13.3. The first kappa shape index (κ1) is 15.9. The van der Waals surface area contributed by atoms with Crippen LogP contribution in [0.15, 0.2) is 27.7 Å². The van der Waals surface area contributed by atoms with Crippen molar-refractivity contribution < 1.29 is 14.3 Å². The second-order valence-corrected chi connectivity index (χ2v) is 6.18. The molecule has 0 aliphatic carbocycles. The number of hydrogen-bond donors (Lipinski definition) is 1. The quantitative estimate of drug-likeness (QED) is 0.651. The van der Waals surface area contributed by atoms with Crippen LogP contribution in [0.1, 0.15) is 27.4 Å². The lowest BCUT2D eigenvalue weighted by molar-refractivity contribution is 0.0690. The highest BCUT2D eigenvalue weighted by Gasteiger charge is 2.17. The standard InChI is InChI=1S/C14H12BrFN2O2S/c1-7-12(14(19)20)13(18-8(2)17-7)21-6-9-5-10(16)3-4-11(9)15/h3-5H,6H2,1-2H3,(H,19,20). The number of carbonyl (C=O) groups is 1. The van der Waals surface area contributed by atoms with Crippen molar-refractivity contribution in [2.75, 3.05) is 0 Å². The molecule has 0 radical (unpaired) electrons. The van der Waals surface area contributed by atoms with E-state index >= 15 is 0 Å². The number of aromatic nitrogens is 2. The summed E-state index contributed by atoms with van der Waals surface area (Å²) in [6, 6.07) is 4.40. The molecule has 7 heteroatoms. The number of benzene rings is 1. The number of rotatable bonds is 4. The van der Waals surface area contributed by atoms with Crippen LogP contribution in [-0.2, 0) is 5.75 Å². The lowest BCUT2D eigenvalue weighted by atomic mass is 10.2. The number of nitrogens with zero attached hydrogens (tertiary/aromatic N) is 2. The fourth-order valence-electron chi connectivity index (χ4n) is 1.83. The van der Waals surface area contributed by atoms with Crippen LogP contribution in [-0.4, -0.2) is 21.0 Å². The van der Waals surface area contributed by atoms with Crippen LogP contribution in [0.3, 0.4) is 0 Å². The highest BCUT2D eigenvalue weighted by molar-refractivity contribution is 9.10. The van der Waals surface area contributed by atoms with Crippen molar-refractivity contribution in [2.45, 2.75) is 24.6 Å². The summed E-state index contributed by atoms with van der Waals surface area (Å²) in [6.07, 6.45) is 0. The molecule has 1 aromatic heterocycles. The van der Waals surface area contributed by atoms with Gasteiger partial charge in [0.05, 0.1) is 5.69 Å². The molecule has 2 aromatic rings. The van der Waals surface area contributed by atoms with Crippen molar-refractivity contribution >= 4 is 33.7 Å². The first-order valence-electron chi connectivity index (χ1n) is 6.03. The maximum absolute atomic E-state index is 13.3. The van der Waals surface area contributed by atoms with Crippen LogP contribution in [0.2, 0.25) is 0 Å². The summed E-state index contributed by atoms with van der Waals surface area (Å²) in [5.74, 6) is -0.469. The molecule has 2 rings (SSSR count). The average molecular weight is 371 g/mol. The van der Waals surface area contributed by atoms with Crippen molar-refractivity contribution in [1.82, 2.24) is 9.97 Å². The van der Waals surface area contributed by atoms with Gasteiger partial charge in [-0.3, -0.25) is 0 Å². The lowest BCUT2D eigenvalue weighted by Gasteiger charge is -2.09. The zero-order chi connectivity index (χ0) is 15.6. The Balaban J connectivity index is 2.31. The highest BCUT2D eigenvalue weighted by Crippen LogP contribution is 2.29. The Labute approximate surface area is 133 Å². The van der Waals surface area contributed by atoms with Crippen LogP contribution in [0.25, 0.3) is 0 Å². The van der Waals surface area contributed by atoms with Crippen molar-refractivity contribution in [3.05, 3.63) is 51.1 Å². The van der Waals surface area contributed by atoms with Crippen LogP contribution in [0.5, 0.6) is 0 Å². The topological polar surface area (TPSA) is 63.1 Å². The number of halogens is 2. The van der Waals surface area contributed by atoms with E-state index in [0.717, 1.165) is 10.0 Å². The van der Waals surface area contributed by atoms with E-state index in [-0.39, 0.29) is 11.4 Å². The molecule has 1 aromatic carbocycles. The maximum Gasteiger partial charge on any atom is 0.340 e. The van der Waals surface area contributed by atoms with Crippen LogP contribution >= 0.6 is 27.7 Å². The number of carboxylic acids is 1. The minimum atomic E-state index is -1.06. The van der Waals surface area contributed by atoms with Gasteiger partial charge in [0.2, 0.25) is 0 Å². The predicted molar refractivity (Wildman–Crippen MR) is 82.1 cm³/mol. The molecule has 0 amide bonds. The van der Waals surface area contributed by atoms with Gasteiger partial charge in [0.15, 0.2) is 0 Å². The molecule has 0 bridgehead atoms. The van der Waals surface area contributed by atoms with Gasteiger partial charge in [0.25, 0.3) is 0 Å². The smallest absolute Gasteiger partial charge is 0.340 e. The molecule has 0 saturated carbocycles. The highest BCUT2D eigenvalue weighted by atomic mass is 79.9. The Morgan fingerprint density at radius 3 is 2.76 bits per heavy atom. The third-order valence-electron chi connectivity index (χ3n) is 2.75. The Bertz CT molecular complexity index is 710. The number of thioether (sulfide) groups is 1. The fourth-order valence-corrected chi connectivity index (χ4v) is 3.51. The Morgan fingerprint density at radius 1 is 1.38 bits per heavy atom. The van der Waals surface area contributed by atoms with Gasteiger partial charge in [-0.05, 0) is 37.6 Å². The summed E-state index contributed by atoms with van der Waals surface area (Å²) in [5.41, 5.74) is 1.26. The minimum Gasteiger partial charge on any atom is -0.478 e. The third kappa shape index (κ3) is 3.79. The molecule has 0 spiro atoms. The molecule has 0 aliphatic heterocycles. The summed E-state index contributed by atoms with van der Waals surface area (Å²) >= 11 is 4.60. The molecular weight excluding hydrogens is 359 g/mol. The van der Waals surface area contributed by atoms with Gasteiger partial charge in [-0.1, -0.05) is 15.9 Å². The van der Waals surface area contributed by atoms with Crippen molar-refractivity contribution in [3.63, 3.8) is 0 Å². The van der Waals surface area contributed by atoms with Gasteiger partial charge in [0, 0.05) is 10.2 Å². The number of carboxylic acid groups (broad SMARTS) is 1. The van der Waals surface area contributed by atoms with E-state index < -0.39 is 5.97 Å². The van der Waals surface area contributed by atoms with E-state index in [4.69, 9.17) is 0 Å². The van der Waals surface area contributed by atoms with E-state index in [2.05, 4.69) is 25.9 Å². The van der Waals surface area contributed by atoms with Crippen molar-refractivity contribution in [2.24, 2.45) is 0 Å². The van der Waals surface area contributed by atoms with E-state index in [1.54, 1.807) is 19.9 Å². The van der Waals surface area contributed by atoms with Gasteiger partial charge >= 0.3 is 5.97 Å². The van der Waals surface area contributed by atoms with Crippen molar-refractivity contribution in [3.8, 4) is 0 Å². The molecule has 1 heterocycles. The molecule has 110 valence electrons.